The molecule has 0 amide bonds. The van der Waals surface area contributed by atoms with Crippen LogP contribution in [0.15, 0.2) is 48.8 Å². The van der Waals surface area contributed by atoms with Crippen molar-refractivity contribution in [1.82, 2.24) is 20.5 Å². The van der Waals surface area contributed by atoms with Crippen LogP contribution in [0.1, 0.15) is 16.7 Å². The molecule has 28 heavy (non-hydrogen) atoms. The van der Waals surface area contributed by atoms with E-state index in [1.807, 2.05) is 19.2 Å². The number of hydrogen-bond acceptors (Lipinski definition) is 5. The number of aryl methyl sites for hydroxylation is 1. The Bertz CT molecular complexity index is 855. The molecule has 0 spiro atoms. The van der Waals surface area contributed by atoms with Crippen LogP contribution in [0.5, 0.6) is 0 Å². The maximum absolute atomic E-state index is 12.9. The maximum atomic E-state index is 12.9. The fourth-order valence-electron chi connectivity index (χ4n) is 3.48. The van der Waals surface area contributed by atoms with Gasteiger partial charge in [-0.05, 0) is 36.2 Å². The second-order valence-electron chi connectivity index (χ2n) is 7.07. The molecule has 2 aliphatic heterocycles. The summed E-state index contributed by atoms with van der Waals surface area (Å²) in [5.74, 6) is 0.973. The molecule has 0 radical (unpaired) electrons. The van der Waals surface area contributed by atoms with Crippen LogP contribution >= 0.6 is 0 Å². The lowest BCUT2D eigenvalue weighted by Gasteiger charge is -2.38. The summed E-state index contributed by atoms with van der Waals surface area (Å²) < 4.78 is 38.8. The molecular weight excluding hydrogens is 367 g/mol. The fraction of sp³-hybridized carbons (Fsp3) is 0.350. The van der Waals surface area contributed by atoms with Gasteiger partial charge >= 0.3 is 6.18 Å². The third-order valence-corrected chi connectivity index (χ3v) is 5.08. The fourth-order valence-corrected chi connectivity index (χ4v) is 3.48. The number of rotatable bonds is 3. The third-order valence-electron chi connectivity index (χ3n) is 5.08. The molecule has 0 aliphatic carbocycles. The van der Waals surface area contributed by atoms with Crippen LogP contribution in [0, 0.1) is 6.92 Å². The molecule has 148 valence electrons. The van der Waals surface area contributed by atoms with Gasteiger partial charge in [-0.1, -0.05) is 18.2 Å². The Hall–Kier alpha value is -2.74. The van der Waals surface area contributed by atoms with Gasteiger partial charge in [0.05, 0.1) is 11.3 Å². The molecule has 8 heteroatoms. The standard InChI is InChI=1S/C20H22F3N5/c1-14-5-6-18(24-12-14)27-7-9-28(10-8-27)19-25-13-17(26-19)15-3-2-4-16(11-15)20(21,22)23/h2-6,11-13,19,25-26H,7-10H2,1H3. The van der Waals surface area contributed by atoms with E-state index in [9.17, 15) is 13.2 Å². The summed E-state index contributed by atoms with van der Waals surface area (Å²) in [6.07, 6.45) is -0.860. The van der Waals surface area contributed by atoms with E-state index < -0.39 is 11.7 Å². The van der Waals surface area contributed by atoms with Gasteiger partial charge in [-0.3, -0.25) is 4.90 Å². The molecule has 0 bridgehead atoms. The van der Waals surface area contributed by atoms with Gasteiger partial charge in [0.1, 0.15) is 5.82 Å². The third kappa shape index (κ3) is 3.91. The molecule has 0 saturated carbocycles. The minimum atomic E-state index is -4.34. The van der Waals surface area contributed by atoms with Crippen LogP contribution in [0.2, 0.25) is 0 Å². The highest BCUT2D eigenvalue weighted by atomic mass is 19.4. The van der Waals surface area contributed by atoms with E-state index in [0.717, 1.165) is 43.6 Å². The maximum Gasteiger partial charge on any atom is 0.416 e. The second-order valence-corrected chi connectivity index (χ2v) is 7.07. The summed E-state index contributed by atoms with van der Waals surface area (Å²) in [6, 6.07) is 9.46. The molecule has 2 N–H and O–H groups in total. The number of alkyl halides is 3. The summed E-state index contributed by atoms with van der Waals surface area (Å²) in [5.41, 5.74) is 1.68. The summed E-state index contributed by atoms with van der Waals surface area (Å²) >= 11 is 0. The van der Waals surface area contributed by atoms with Crippen molar-refractivity contribution in [2.75, 3.05) is 31.1 Å². The Kier molecular flexibility index (Phi) is 4.89. The quantitative estimate of drug-likeness (QED) is 0.845. The van der Waals surface area contributed by atoms with Gasteiger partial charge in [0.2, 0.25) is 0 Å². The van der Waals surface area contributed by atoms with Crippen LogP contribution < -0.4 is 15.5 Å². The van der Waals surface area contributed by atoms with Gasteiger partial charge < -0.3 is 15.5 Å². The zero-order valence-electron chi connectivity index (χ0n) is 15.5. The number of aromatic nitrogens is 1. The van der Waals surface area contributed by atoms with Crippen LogP contribution in [0.3, 0.4) is 0 Å². The van der Waals surface area contributed by atoms with E-state index >= 15 is 0 Å². The molecule has 4 rings (SSSR count). The topological polar surface area (TPSA) is 43.4 Å². The number of nitrogens with one attached hydrogen (secondary N) is 2. The molecule has 1 fully saturated rings. The van der Waals surface area contributed by atoms with Crippen LogP contribution in [-0.4, -0.2) is 42.4 Å². The highest BCUT2D eigenvalue weighted by molar-refractivity contribution is 5.66. The Labute approximate surface area is 161 Å². The van der Waals surface area contributed by atoms with Crippen molar-refractivity contribution in [2.45, 2.75) is 19.4 Å². The lowest BCUT2D eigenvalue weighted by atomic mass is 10.1. The molecule has 1 saturated heterocycles. The molecule has 1 aromatic carbocycles. The van der Waals surface area contributed by atoms with E-state index in [-0.39, 0.29) is 6.29 Å². The van der Waals surface area contributed by atoms with E-state index in [1.165, 1.54) is 12.1 Å². The first-order valence-electron chi connectivity index (χ1n) is 9.22. The Balaban J connectivity index is 1.35. The highest BCUT2D eigenvalue weighted by Gasteiger charge is 2.32. The summed E-state index contributed by atoms with van der Waals surface area (Å²) in [4.78, 5) is 8.96. The molecule has 3 heterocycles. The number of hydrogen-bond donors (Lipinski definition) is 2. The molecular formula is C20H22F3N5. The molecule has 1 atom stereocenters. The van der Waals surface area contributed by atoms with E-state index in [1.54, 1.807) is 12.3 Å². The first-order chi connectivity index (χ1) is 13.4. The lowest BCUT2D eigenvalue weighted by Crippen LogP contribution is -2.57. The van der Waals surface area contributed by atoms with Crippen LogP contribution in [0.4, 0.5) is 19.0 Å². The first-order valence-corrected chi connectivity index (χ1v) is 9.22. The monoisotopic (exact) mass is 389 g/mol. The van der Waals surface area contributed by atoms with Crippen LogP contribution in [-0.2, 0) is 6.18 Å². The van der Waals surface area contributed by atoms with E-state index in [0.29, 0.717) is 11.3 Å². The lowest BCUT2D eigenvalue weighted by molar-refractivity contribution is -0.137. The first kappa shape index (κ1) is 18.6. The summed E-state index contributed by atoms with van der Waals surface area (Å²) in [6.45, 7) is 5.35. The normalized spacial score (nSPS) is 20.5. The summed E-state index contributed by atoms with van der Waals surface area (Å²) in [5, 5.41) is 6.52. The van der Waals surface area contributed by atoms with Gasteiger partial charge in [-0.15, -0.1) is 0 Å². The smallest absolute Gasteiger partial charge is 0.357 e. The minimum Gasteiger partial charge on any atom is -0.357 e. The van der Waals surface area contributed by atoms with Gasteiger partial charge in [0, 0.05) is 38.6 Å². The van der Waals surface area contributed by atoms with E-state index in [2.05, 4.69) is 31.5 Å². The molecule has 2 aromatic rings. The Morgan fingerprint density at radius 3 is 2.54 bits per heavy atom. The number of halogens is 3. The highest BCUT2D eigenvalue weighted by Crippen LogP contribution is 2.31. The number of piperazine rings is 1. The molecule has 1 aromatic heterocycles. The molecule has 2 aliphatic rings. The van der Waals surface area contributed by atoms with Crippen molar-refractivity contribution in [3.05, 3.63) is 65.5 Å². The zero-order chi connectivity index (χ0) is 19.7. The number of nitrogens with zero attached hydrogens (tertiary/aromatic N) is 3. The second kappa shape index (κ2) is 7.35. The molecule has 5 nitrogen and oxygen atoms in total. The predicted octanol–water partition coefficient (Wildman–Crippen LogP) is 3.01. The minimum absolute atomic E-state index is 0.127. The van der Waals surface area contributed by atoms with Crippen molar-refractivity contribution in [3.8, 4) is 0 Å². The number of pyridine rings is 1. The van der Waals surface area contributed by atoms with Gasteiger partial charge in [-0.25, -0.2) is 4.98 Å². The van der Waals surface area contributed by atoms with Gasteiger partial charge in [0.15, 0.2) is 6.29 Å². The summed E-state index contributed by atoms with van der Waals surface area (Å²) in [7, 11) is 0. The SMILES string of the molecule is Cc1ccc(N2CCN(C3NC=C(c4cccc(C(F)(F)F)c4)N3)CC2)nc1. The Morgan fingerprint density at radius 1 is 1.07 bits per heavy atom. The zero-order valence-corrected chi connectivity index (χ0v) is 15.5. The van der Waals surface area contributed by atoms with E-state index in [4.69, 9.17) is 0 Å². The van der Waals surface area contributed by atoms with Crippen LogP contribution in [0.25, 0.3) is 5.70 Å². The van der Waals surface area contributed by atoms with Gasteiger partial charge in [-0.2, -0.15) is 13.2 Å². The molecule has 1 unspecified atom stereocenters. The number of anilines is 1. The van der Waals surface area contributed by atoms with Gasteiger partial charge in [0.25, 0.3) is 0 Å². The van der Waals surface area contributed by atoms with Crippen molar-refractivity contribution in [3.63, 3.8) is 0 Å². The van der Waals surface area contributed by atoms with Crippen molar-refractivity contribution in [2.24, 2.45) is 0 Å². The Morgan fingerprint density at radius 2 is 1.86 bits per heavy atom. The average Bonchev–Trinajstić information content (AvgIpc) is 3.18. The number of benzene rings is 1. The predicted molar refractivity (Wildman–Crippen MR) is 102 cm³/mol. The largest absolute Gasteiger partial charge is 0.416 e. The van der Waals surface area contributed by atoms with Crippen molar-refractivity contribution in [1.29, 1.82) is 0 Å². The van der Waals surface area contributed by atoms with Crippen molar-refractivity contribution < 1.29 is 13.2 Å². The van der Waals surface area contributed by atoms with Crippen molar-refractivity contribution >= 4 is 11.5 Å². The average molecular weight is 389 g/mol.